The van der Waals surface area contributed by atoms with Crippen LogP contribution in [0.2, 0.25) is 0 Å². The molecular formula is C18H32IN5OS2. The van der Waals surface area contributed by atoms with Gasteiger partial charge in [-0.25, -0.2) is 4.98 Å². The van der Waals surface area contributed by atoms with E-state index < -0.39 is 0 Å². The Labute approximate surface area is 188 Å². The van der Waals surface area contributed by atoms with Crippen LogP contribution >= 0.6 is 47.1 Å². The second-order valence-corrected chi connectivity index (χ2v) is 9.37. The molecular weight excluding hydrogens is 493 g/mol. The van der Waals surface area contributed by atoms with Gasteiger partial charge < -0.3 is 15.4 Å². The van der Waals surface area contributed by atoms with Gasteiger partial charge in [-0.05, 0) is 26.0 Å². The summed E-state index contributed by atoms with van der Waals surface area (Å²) in [6.07, 6.45) is 2.17. The Hall–Kier alpha value is -0.100. The third-order valence-corrected chi connectivity index (χ3v) is 7.64. The van der Waals surface area contributed by atoms with Gasteiger partial charge in [-0.15, -0.1) is 35.3 Å². The van der Waals surface area contributed by atoms with Crippen LogP contribution in [0.5, 0.6) is 0 Å². The van der Waals surface area contributed by atoms with Crippen molar-refractivity contribution in [3.8, 4) is 0 Å². The van der Waals surface area contributed by atoms with E-state index in [1.165, 1.54) is 27.8 Å². The lowest BCUT2D eigenvalue weighted by Gasteiger charge is -2.43. The van der Waals surface area contributed by atoms with Crippen molar-refractivity contribution in [2.45, 2.75) is 32.2 Å². The maximum atomic E-state index is 5.55. The number of halogens is 1. The second-order valence-electron chi connectivity index (χ2n) is 6.98. The number of ether oxygens (including phenoxy) is 1. The number of aliphatic imine (C=N–C) groups is 1. The first-order chi connectivity index (χ1) is 12.6. The Morgan fingerprint density at radius 2 is 2.07 bits per heavy atom. The molecule has 2 aliphatic rings. The van der Waals surface area contributed by atoms with Gasteiger partial charge in [0.1, 0.15) is 0 Å². The van der Waals surface area contributed by atoms with Crippen molar-refractivity contribution in [1.82, 2.24) is 20.5 Å². The largest absolute Gasteiger partial charge is 0.379 e. The smallest absolute Gasteiger partial charge is 0.191 e. The number of thiazole rings is 1. The molecule has 0 bridgehead atoms. The van der Waals surface area contributed by atoms with Crippen molar-refractivity contribution in [1.29, 1.82) is 0 Å². The van der Waals surface area contributed by atoms with Crippen molar-refractivity contribution in [3.63, 3.8) is 0 Å². The first-order valence-electron chi connectivity index (χ1n) is 9.41. The highest BCUT2D eigenvalue weighted by Gasteiger charge is 2.40. The highest BCUT2D eigenvalue weighted by atomic mass is 127. The number of hydrogen-bond acceptors (Lipinski definition) is 6. The Kier molecular flexibility index (Phi) is 9.60. The lowest BCUT2D eigenvalue weighted by atomic mass is 9.95. The van der Waals surface area contributed by atoms with Gasteiger partial charge in [-0.3, -0.25) is 9.89 Å². The van der Waals surface area contributed by atoms with E-state index in [2.05, 4.69) is 51.1 Å². The summed E-state index contributed by atoms with van der Waals surface area (Å²) in [6.45, 7) is 9.79. The molecule has 0 radical (unpaired) electrons. The molecule has 2 saturated heterocycles. The Morgan fingerprint density at radius 3 is 2.67 bits per heavy atom. The van der Waals surface area contributed by atoms with E-state index in [4.69, 9.17) is 4.74 Å². The number of hydrogen-bond donors (Lipinski definition) is 2. The van der Waals surface area contributed by atoms with E-state index in [9.17, 15) is 0 Å². The minimum atomic E-state index is 0. The summed E-state index contributed by atoms with van der Waals surface area (Å²) in [5.74, 6) is 3.32. The standard InChI is InChI=1S/C18H31N5OS2.HI/c1-14-15(2)26-16(22-14)4-6-20-17(19-3)21-12-18(5-11-25-13-18)23-7-9-24-10-8-23;/h4-13H2,1-3H3,(H2,19,20,21);1H. The minimum Gasteiger partial charge on any atom is -0.379 e. The summed E-state index contributed by atoms with van der Waals surface area (Å²) in [4.78, 5) is 13.0. The number of rotatable bonds is 6. The maximum Gasteiger partial charge on any atom is 0.191 e. The molecule has 0 spiro atoms. The molecule has 6 nitrogen and oxygen atoms in total. The zero-order valence-electron chi connectivity index (χ0n) is 16.5. The van der Waals surface area contributed by atoms with Crippen LogP contribution in [0.25, 0.3) is 0 Å². The monoisotopic (exact) mass is 525 g/mol. The van der Waals surface area contributed by atoms with Crippen molar-refractivity contribution in [3.05, 3.63) is 15.6 Å². The molecule has 0 aliphatic carbocycles. The van der Waals surface area contributed by atoms with E-state index in [1.807, 2.05) is 7.05 Å². The molecule has 0 saturated carbocycles. The first kappa shape index (κ1) is 23.2. The second kappa shape index (κ2) is 11.2. The zero-order valence-corrected chi connectivity index (χ0v) is 20.5. The molecule has 154 valence electrons. The normalized spacial score (nSPS) is 23.9. The van der Waals surface area contributed by atoms with Gasteiger partial charge >= 0.3 is 0 Å². The molecule has 3 rings (SSSR count). The highest BCUT2D eigenvalue weighted by Crippen LogP contribution is 2.33. The Morgan fingerprint density at radius 1 is 1.30 bits per heavy atom. The molecule has 27 heavy (non-hydrogen) atoms. The van der Waals surface area contributed by atoms with Gasteiger partial charge in [0.2, 0.25) is 0 Å². The van der Waals surface area contributed by atoms with E-state index in [0.717, 1.165) is 57.5 Å². The number of morpholine rings is 1. The summed E-state index contributed by atoms with van der Waals surface area (Å²) in [5, 5.41) is 8.22. The van der Waals surface area contributed by atoms with Gasteiger partial charge in [-0.2, -0.15) is 11.8 Å². The number of nitrogens with one attached hydrogen (secondary N) is 2. The van der Waals surface area contributed by atoms with Crippen LogP contribution in [0.4, 0.5) is 0 Å². The fourth-order valence-corrected chi connectivity index (χ4v) is 5.95. The molecule has 1 aromatic rings. The average Bonchev–Trinajstić information content (AvgIpc) is 3.26. The van der Waals surface area contributed by atoms with Crippen LogP contribution in [0.1, 0.15) is 22.0 Å². The molecule has 1 unspecified atom stereocenters. The zero-order chi connectivity index (χ0) is 18.4. The van der Waals surface area contributed by atoms with Crippen LogP contribution < -0.4 is 10.6 Å². The summed E-state index contributed by atoms with van der Waals surface area (Å²) in [7, 11) is 1.85. The summed E-state index contributed by atoms with van der Waals surface area (Å²) in [6, 6.07) is 0. The number of nitrogens with zero attached hydrogens (tertiary/aromatic N) is 3. The summed E-state index contributed by atoms with van der Waals surface area (Å²) >= 11 is 3.86. The molecule has 1 aromatic heterocycles. The van der Waals surface area contributed by atoms with Crippen molar-refractivity contribution in [2.24, 2.45) is 4.99 Å². The quantitative estimate of drug-likeness (QED) is 0.338. The van der Waals surface area contributed by atoms with Gasteiger partial charge in [0.15, 0.2) is 5.96 Å². The van der Waals surface area contributed by atoms with Gasteiger partial charge in [-0.1, -0.05) is 0 Å². The topological polar surface area (TPSA) is 61.8 Å². The fourth-order valence-electron chi connectivity index (χ4n) is 3.54. The third-order valence-electron chi connectivity index (χ3n) is 5.28. The average molecular weight is 526 g/mol. The van der Waals surface area contributed by atoms with Crippen LogP contribution in [-0.2, 0) is 11.2 Å². The SMILES string of the molecule is CN=C(NCCc1nc(C)c(C)s1)NCC1(N2CCOCC2)CCSC1.I. The van der Waals surface area contributed by atoms with Crippen LogP contribution in [0.3, 0.4) is 0 Å². The molecule has 0 aromatic carbocycles. The molecule has 2 N–H and O–H groups in total. The maximum absolute atomic E-state index is 5.55. The Bertz CT molecular complexity index is 593. The van der Waals surface area contributed by atoms with Crippen molar-refractivity contribution < 1.29 is 4.74 Å². The molecule has 2 aliphatic heterocycles. The molecule has 0 amide bonds. The lowest BCUT2D eigenvalue weighted by molar-refractivity contribution is -0.0120. The fraction of sp³-hybridized carbons (Fsp3) is 0.778. The predicted molar refractivity (Wildman–Crippen MR) is 127 cm³/mol. The van der Waals surface area contributed by atoms with Crippen molar-refractivity contribution in [2.75, 3.05) is 57.9 Å². The summed E-state index contributed by atoms with van der Waals surface area (Å²) in [5.41, 5.74) is 1.38. The van der Waals surface area contributed by atoms with Gasteiger partial charge in [0.25, 0.3) is 0 Å². The summed E-state index contributed by atoms with van der Waals surface area (Å²) < 4.78 is 5.55. The first-order valence-corrected chi connectivity index (χ1v) is 11.4. The van der Waals surface area contributed by atoms with Crippen LogP contribution in [-0.4, -0.2) is 79.3 Å². The Balaban J connectivity index is 0.00000261. The predicted octanol–water partition coefficient (Wildman–Crippen LogP) is 2.29. The minimum absolute atomic E-state index is 0. The van der Waals surface area contributed by atoms with Gasteiger partial charge in [0, 0.05) is 55.8 Å². The number of guanidine groups is 1. The third kappa shape index (κ3) is 6.19. The van der Waals surface area contributed by atoms with Crippen LogP contribution in [0.15, 0.2) is 4.99 Å². The molecule has 1 atom stereocenters. The molecule has 2 fully saturated rings. The van der Waals surface area contributed by atoms with Crippen molar-refractivity contribution >= 4 is 53.0 Å². The highest BCUT2D eigenvalue weighted by molar-refractivity contribution is 14.0. The van der Waals surface area contributed by atoms with E-state index in [1.54, 1.807) is 11.3 Å². The molecule has 3 heterocycles. The van der Waals surface area contributed by atoms with Crippen LogP contribution in [0, 0.1) is 13.8 Å². The van der Waals surface area contributed by atoms with Gasteiger partial charge in [0.05, 0.1) is 23.9 Å². The van der Waals surface area contributed by atoms with E-state index in [-0.39, 0.29) is 29.5 Å². The number of thioether (sulfide) groups is 1. The van der Waals surface area contributed by atoms with E-state index in [0.29, 0.717) is 0 Å². The lowest BCUT2D eigenvalue weighted by Crippen LogP contribution is -2.60. The molecule has 9 heteroatoms. The number of aromatic nitrogens is 1. The number of aryl methyl sites for hydroxylation is 2. The van der Waals surface area contributed by atoms with E-state index >= 15 is 0 Å².